The fourth-order valence-corrected chi connectivity index (χ4v) is 1.39. The molecule has 2 aromatic rings. The molecule has 1 aromatic carbocycles. The number of nitrogens with zero attached hydrogens (tertiary/aromatic N) is 2. The highest BCUT2D eigenvalue weighted by atomic mass is 35.5. The Labute approximate surface area is 92.2 Å². The normalized spacial score (nSPS) is 10.3. The zero-order valence-corrected chi connectivity index (χ0v) is 8.90. The van der Waals surface area contributed by atoms with Crippen LogP contribution < -0.4 is 10.5 Å². The van der Waals surface area contributed by atoms with Crippen molar-refractivity contribution in [3.8, 4) is 11.4 Å². The fraction of sp³-hybridized carbons (Fsp3) is 0.100. The molecule has 2 N–H and O–H groups in total. The molecule has 0 fully saturated rings. The predicted molar refractivity (Wildman–Crippen MR) is 59.5 cm³/mol. The Balaban J connectivity index is 2.41. The second-order valence-electron chi connectivity index (χ2n) is 2.99. The van der Waals surface area contributed by atoms with Crippen LogP contribution in [0.4, 0.5) is 5.82 Å². The number of nitrogen functional groups attached to an aromatic ring is 1. The lowest BCUT2D eigenvalue weighted by molar-refractivity contribution is 0.414. The Bertz CT molecular complexity index is 464. The van der Waals surface area contributed by atoms with E-state index in [-0.39, 0.29) is 0 Å². The van der Waals surface area contributed by atoms with E-state index in [0.29, 0.717) is 10.8 Å². The smallest absolute Gasteiger partial charge is 0.146 e. The van der Waals surface area contributed by atoms with Crippen LogP contribution in [0.3, 0.4) is 0 Å². The first-order valence-corrected chi connectivity index (χ1v) is 4.73. The Morgan fingerprint density at radius 3 is 2.47 bits per heavy atom. The second kappa shape index (κ2) is 3.82. The minimum Gasteiger partial charge on any atom is -0.497 e. The number of hydrogen-bond donors (Lipinski definition) is 1. The summed E-state index contributed by atoms with van der Waals surface area (Å²) in [5.74, 6) is 1.22. The van der Waals surface area contributed by atoms with Gasteiger partial charge in [0.05, 0.1) is 19.0 Å². The summed E-state index contributed by atoms with van der Waals surface area (Å²) in [5, 5.41) is 4.51. The van der Waals surface area contributed by atoms with Crippen LogP contribution in [0.5, 0.6) is 5.75 Å². The van der Waals surface area contributed by atoms with Crippen LogP contribution >= 0.6 is 11.6 Å². The van der Waals surface area contributed by atoms with E-state index in [1.165, 1.54) is 6.20 Å². The van der Waals surface area contributed by atoms with Gasteiger partial charge in [-0.05, 0) is 24.3 Å². The lowest BCUT2D eigenvalue weighted by Crippen LogP contribution is -2.01. The van der Waals surface area contributed by atoms with Crippen molar-refractivity contribution in [2.24, 2.45) is 0 Å². The molecule has 0 atom stereocenters. The van der Waals surface area contributed by atoms with Gasteiger partial charge in [-0.2, -0.15) is 5.10 Å². The molecule has 0 spiro atoms. The van der Waals surface area contributed by atoms with E-state index in [4.69, 9.17) is 22.1 Å². The monoisotopic (exact) mass is 223 g/mol. The molecule has 0 unspecified atom stereocenters. The number of hydrogen-bond acceptors (Lipinski definition) is 3. The average Bonchev–Trinajstić information content (AvgIpc) is 2.60. The van der Waals surface area contributed by atoms with E-state index in [0.717, 1.165) is 11.4 Å². The quantitative estimate of drug-likeness (QED) is 0.849. The van der Waals surface area contributed by atoms with Crippen molar-refractivity contribution < 1.29 is 4.74 Å². The van der Waals surface area contributed by atoms with Crippen LogP contribution in [0.1, 0.15) is 0 Å². The van der Waals surface area contributed by atoms with Crippen LogP contribution in [0, 0.1) is 0 Å². The molecule has 0 aliphatic rings. The summed E-state index contributed by atoms with van der Waals surface area (Å²) in [5.41, 5.74) is 6.59. The second-order valence-corrected chi connectivity index (χ2v) is 3.39. The SMILES string of the molecule is COc1ccc(-n2ncc(Cl)c2N)cc1. The van der Waals surface area contributed by atoms with E-state index in [2.05, 4.69) is 5.10 Å². The van der Waals surface area contributed by atoms with Crippen LogP contribution in [0.15, 0.2) is 30.5 Å². The van der Waals surface area contributed by atoms with Crippen LogP contribution in [-0.2, 0) is 0 Å². The predicted octanol–water partition coefficient (Wildman–Crippen LogP) is 2.12. The number of anilines is 1. The Morgan fingerprint density at radius 1 is 1.33 bits per heavy atom. The summed E-state index contributed by atoms with van der Waals surface area (Å²) in [6.07, 6.45) is 1.52. The van der Waals surface area contributed by atoms with E-state index >= 15 is 0 Å². The molecule has 1 heterocycles. The molecule has 0 bridgehead atoms. The van der Waals surface area contributed by atoms with Gasteiger partial charge in [-0.3, -0.25) is 0 Å². The van der Waals surface area contributed by atoms with Crippen molar-refractivity contribution in [3.05, 3.63) is 35.5 Å². The summed E-state index contributed by atoms with van der Waals surface area (Å²) < 4.78 is 6.62. The number of methoxy groups -OCH3 is 1. The molecule has 5 heteroatoms. The van der Waals surface area contributed by atoms with Gasteiger partial charge in [-0.15, -0.1) is 0 Å². The molecule has 1 aromatic heterocycles. The standard InChI is InChI=1S/C10H10ClN3O/c1-15-8-4-2-7(3-5-8)14-10(12)9(11)6-13-14/h2-6H,12H2,1H3. The number of aromatic nitrogens is 2. The first-order chi connectivity index (χ1) is 7.22. The molecule has 4 nitrogen and oxygen atoms in total. The third kappa shape index (κ3) is 1.76. The summed E-state index contributed by atoms with van der Waals surface area (Å²) in [4.78, 5) is 0. The van der Waals surface area contributed by atoms with Gasteiger partial charge >= 0.3 is 0 Å². The number of rotatable bonds is 2. The maximum absolute atomic E-state index is 5.80. The van der Waals surface area contributed by atoms with Gasteiger partial charge in [0.1, 0.15) is 16.6 Å². The van der Waals surface area contributed by atoms with E-state index < -0.39 is 0 Å². The van der Waals surface area contributed by atoms with Crippen molar-refractivity contribution in [1.29, 1.82) is 0 Å². The van der Waals surface area contributed by atoms with Gasteiger partial charge in [0.25, 0.3) is 0 Å². The Kier molecular flexibility index (Phi) is 2.51. The van der Waals surface area contributed by atoms with Crippen molar-refractivity contribution in [2.75, 3.05) is 12.8 Å². The van der Waals surface area contributed by atoms with Crippen LogP contribution in [-0.4, -0.2) is 16.9 Å². The lowest BCUT2D eigenvalue weighted by Gasteiger charge is -2.05. The van der Waals surface area contributed by atoms with Gasteiger partial charge in [0, 0.05) is 0 Å². The molecule has 78 valence electrons. The van der Waals surface area contributed by atoms with E-state index in [1.54, 1.807) is 11.8 Å². The molecule has 0 amide bonds. The molecular weight excluding hydrogens is 214 g/mol. The molecular formula is C10H10ClN3O. The molecule has 0 aliphatic carbocycles. The summed E-state index contributed by atoms with van der Waals surface area (Å²) in [6.45, 7) is 0. The zero-order chi connectivity index (χ0) is 10.8. The molecule has 0 radical (unpaired) electrons. The number of nitrogens with two attached hydrogens (primary N) is 1. The average molecular weight is 224 g/mol. The minimum absolute atomic E-state index is 0.432. The summed E-state index contributed by atoms with van der Waals surface area (Å²) in [7, 11) is 1.62. The highest BCUT2D eigenvalue weighted by Crippen LogP contribution is 2.22. The van der Waals surface area contributed by atoms with Gasteiger partial charge in [-0.25, -0.2) is 4.68 Å². The Hall–Kier alpha value is -1.68. The van der Waals surface area contributed by atoms with Crippen LogP contribution in [0.2, 0.25) is 5.02 Å². The van der Waals surface area contributed by atoms with Crippen molar-refractivity contribution in [2.45, 2.75) is 0 Å². The van der Waals surface area contributed by atoms with Gasteiger partial charge in [0.15, 0.2) is 0 Å². The minimum atomic E-state index is 0.432. The maximum atomic E-state index is 5.80. The van der Waals surface area contributed by atoms with Gasteiger partial charge in [-0.1, -0.05) is 11.6 Å². The molecule has 15 heavy (non-hydrogen) atoms. The first-order valence-electron chi connectivity index (χ1n) is 4.36. The first kappa shape index (κ1) is 9.86. The number of benzene rings is 1. The number of halogens is 1. The lowest BCUT2D eigenvalue weighted by atomic mass is 10.3. The number of ether oxygens (including phenoxy) is 1. The molecule has 2 rings (SSSR count). The highest BCUT2D eigenvalue weighted by molar-refractivity contribution is 6.32. The van der Waals surface area contributed by atoms with E-state index in [1.807, 2.05) is 24.3 Å². The van der Waals surface area contributed by atoms with Crippen molar-refractivity contribution >= 4 is 17.4 Å². The largest absolute Gasteiger partial charge is 0.497 e. The topological polar surface area (TPSA) is 53.1 Å². The van der Waals surface area contributed by atoms with Crippen LogP contribution in [0.25, 0.3) is 5.69 Å². The van der Waals surface area contributed by atoms with Gasteiger partial charge < -0.3 is 10.5 Å². The third-order valence-electron chi connectivity index (χ3n) is 2.08. The van der Waals surface area contributed by atoms with Gasteiger partial charge in [0.2, 0.25) is 0 Å². The van der Waals surface area contributed by atoms with E-state index in [9.17, 15) is 0 Å². The van der Waals surface area contributed by atoms with Crippen molar-refractivity contribution in [3.63, 3.8) is 0 Å². The fourth-order valence-electron chi connectivity index (χ4n) is 1.27. The highest BCUT2D eigenvalue weighted by Gasteiger charge is 2.06. The summed E-state index contributed by atoms with van der Waals surface area (Å²) in [6, 6.07) is 7.39. The molecule has 0 aliphatic heterocycles. The Morgan fingerprint density at radius 2 is 2.00 bits per heavy atom. The van der Waals surface area contributed by atoms with Crippen molar-refractivity contribution in [1.82, 2.24) is 9.78 Å². The maximum Gasteiger partial charge on any atom is 0.146 e. The summed E-state index contributed by atoms with van der Waals surface area (Å²) >= 11 is 5.80. The zero-order valence-electron chi connectivity index (χ0n) is 8.14. The molecule has 0 saturated carbocycles. The third-order valence-corrected chi connectivity index (χ3v) is 2.37. The molecule has 0 saturated heterocycles.